The second-order valence-corrected chi connectivity index (χ2v) is 20.1. The Hall–Kier alpha value is -7.28. The van der Waals surface area contributed by atoms with Gasteiger partial charge < -0.3 is 0 Å². The van der Waals surface area contributed by atoms with Gasteiger partial charge in [0.1, 0.15) is 0 Å². The standard InChI is InChI=1S/C64H50/c1-63(2,3)59-37-57(41-27-23-39(24-28-41)55-35-43-15-7-9-17-45(43)47-19-11-13-21-49(47)55)51-32-34-54-60(64(4,5)6)38-58(52-31-33-53(59)61(51)62(52)54)42-29-25-40(26-30-42)56-36-44-16-8-10-18-46(44)48-20-12-14-22-50(48)56/h7-38H,1-6H3. The molecule has 0 spiro atoms. The molecule has 12 aromatic rings. The SMILES string of the molecule is CC(C)(C)c1cc(-c2ccc(-c3cc4ccccc4c4ccccc34)cc2)c2ccc3c(C(C)(C)C)cc(-c4ccc(-c5cc6ccccc6c6ccccc56)cc4)c4ccc1c2c43. The minimum atomic E-state index is -0.0700. The first kappa shape index (κ1) is 38.4. The number of hydrogen-bond donors (Lipinski definition) is 0. The van der Waals surface area contributed by atoms with Crippen molar-refractivity contribution in [2.24, 2.45) is 0 Å². The van der Waals surface area contributed by atoms with Gasteiger partial charge >= 0.3 is 0 Å². The maximum Gasteiger partial charge on any atom is -0.00173 e. The average Bonchev–Trinajstić information content (AvgIpc) is 3.32. The van der Waals surface area contributed by atoms with E-state index < -0.39 is 0 Å². The second kappa shape index (κ2) is 14.1. The van der Waals surface area contributed by atoms with Crippen LogP contribution in [0.1, 0.15) is 52.7 Å². The Kier molecular flexibility index (Phi) is 8.47. The number of benzene rings is 12. The van der Waals surface area contributed by atoms with Gasteiger partial charge in [-0.25, -0.2) is 0 Å². The van der Waals surface area contributed by atoms with Gasteiger partial charge in [-0.05, 0) is 166 Å². The molecule has 0 atom stereocenters. The Bertz CT molecular complexity index is 3560. The summed E-state index contributed by atoms with van der Waals surface area (Å²) < 4.78 is 0. The van der Waals surface area contributed by atoms with Crippen molar-refractivity contribution in [2.45, 2.75) is 52.4 Å². The summed E-state index contributed by atoms with van der Waals surface area (Å²) in [5, 5.41) is 18.3. The second-order valence-electron chi connectivity index (χ2n) is 20.1. The van der Waals surface area contributed by atoms with E-state index in [2.05, 4.69) is 236 Å². The molecule has 0 saturated heterocycles. The van der Waals surface area contributed by atoms with Gasteiger partial charge in [-0.2, -0.15) is 0 Å². The van der Waals surface area contributed by atoms with E-state index in [9.17, 15) is 0 Å². The molecular formula is C64H50. The van der Waals surface area contributed by atoms with E-state index in [4.69, 9.17) is 0 Å². The highest BCUT2D eigenvalue weighted by atomic mass is 14.3. The Morgan fingerprint density at radius 2 is 0.516 bits per heavy atom. The van der Waals surface area contributed by atoms with Gasteiger partial charge in [-0.15, -0.1) is 0 Å². The van der Waals surface area contributed by atoms with Crippen LogP contribution in [0.2, 0.25) is 0 Å². The Morgan fingerprint density at radius 1 is 0.234 bits per heavy atom. The van der Waals surface area contributed by atoms with E-state index in [1.165, 1.54) is 131 Å². The van der Waals surface area contributed by atoms with E-state index in [0.717, 1.165) is 0 Å². The van der Waals surface area contributed by atoms with Crippen molar-refractivity contribution in [3.05, 3.63) is 205 Å². The number of fused-ring (bicyclic) bond motifs is 6. The highest BCUT2D eigenvalue weighted by Gasteiger charge is 2.27. The molecule has 0 fully saturated rings. The normalized spacial score (nSPS) is 12.5. The topological polar surface area (TPSA) is 0 Å². The average molecular weight is 819 g/mol. The van der Waals surface area contributed by atoms with Gasteiger partial charge in [-0.3, -0.25) is 0 Å². The van der Waals surface area contributed by atoms with Crippen LogP contribution in [-0.2, 0) is 10.8 Å². The molecular weight excluding hydrogens is 769 g/mol. The predicted octanol–water partition coefficient (Wildman–Crippen LogP) is 18.5. The molecule has 0 unspecified atom stereocenters. The molecule has 0 aliphatic heterocycles. The molecule has 0 aliphatic rings. The quantitative estimate of drug-likeness (QED) is 0.155. The highest BCUT2D eigenvalue weighted by Crippen LogP contribution is 2.49. The first-order chi connectivity index (χ1) is 31.0. The molecule has 0 bridgehead atoms. The molecule has 0 N–H and O–H groups in total. The lowest BCUT2D eigenvalue weighted by Crippen LogP contribution is -2.14. The van der Waals surface area contributed by atoms with Crippen molar-refractivity contribution < 1.29 is 0 Å². The van der Waals surface area contributed by atoms with E-state index in [1.54, 1.807) is 0 Å². The molecule has 0 amide bonds. The third-order valence-corrected chi connectivity index (χ3v) is 14.1. The van der Waals surface area contributed by atoms with Gasteiger partial charge in [0.15, 0.2) is 0 Å². The lowest BCUT2D eigenvalue weighted by atomic mass is 9.75. The molecule has 0 saturated carbocycles. The first-order valence-corrected chi connectivity index (χ1v) is 22.8. The van der Waals surface area contributed by atoms with Gasteiger partial charge in [0, 0.05) is 0 Å². The maximum absolute atomic E-state index is 2.49. The summed E-state index contributed by atoms with van der Waals surface area (Å²) in [6.45, 7) is 14.2. The minimum Gasteiger partial charge on any atom is -0.0616 e. The number of hydrogen-bond acceptors (Lipinski definition) is 0. The highest BCUT2D eigenvalue weighted by molar-refractivity contribution is 6.29. The monoisotopic (exact) mass is 818 g/mol. The zero-order chi connectivity index (χ0) is 43.5. The molecule has 0 aliphatic carbocycles. The van der Waals surface area contributed by atoms with Crippen LogP contribution in [0.4, 0.5) is 0 Å². The molecule has 12 rings (SSSR count). The Morgan fingerprint density at radius 3 is 0.859 bits per heavy atom. The molecule has 12 aromatic carbocycles. The summed E-state index contributed by atoms with van der Waals surface area (Å²) in [4.78, 5) is 0. The van der Waals surface area contributed by atoms with Crippen LogP contribution < -0.4 is 0 Å². The maximum atomic E-state index is 2.49. The van der Waals surface area contributed by atoms with E-state index >= 15 is 0 Å². The minimum absolute atomic E-state index is 0.0700. The molecule has 0 heteroatoms. The van der Waals surface area contributed by atoms with Crippen LogP contribution in [-0.4, -0.2) is 0 Å². The number of rotatable bonds is 4. The summed E-state index contributed by atoms with van der Waals surface area (Å²) in [6, 6.07) is 73.3. The summed E-state index contributed by atoms with van der Waals surface area (Å²) in [7, 11) is 0. The van der Waals surface area contributed by atoms with Gasteiger partial charge in [0.25, 0.3) is 0 Å². The van der Waals surface area contributed by atoms with E-state index in [1.807, 2.05) is 0 Å². The van der Waals surface area contributed by atoms with Crippen LogP contribution in [0, 0.1) is 0 Å². The van der Waals surface area contributed by atoms with Crippen molar-refractivity contribution in [1.82, 2.24) is 0 Å². The summed E-state index contributed by atoms with van der Waals surface area (Å²) in [5.41, 5.74) is 12.7. The van der Waals surface area contributed by atoms with Crippen LogP contribution in [0.15, 0.2) is 194 Å². The fourth-order valence-corrected chi connectivity index (χ4v) is 11.0. The molecule has 0 nitrogen and oxygen atoms in total. The summed E-state index contributed by atoms with van der Waals surface area (Å²) in [6.07, 6.45) is 0. The molecule has 0 heterocycles. The third-order valence-electron chi connectivity index (χ3n) is 14.1. The fraction of sp³-hybridized carbons (Fsp3) is 0.125. The lowest BCUT2D eigenvalue weighted by Gasteiger charge is -2.28. The first-order valence-electron chi connectivity index (χ1n) is 22.8. The zero-order valence-corrected chi connectivity index (χ0v) is 37.5. The molecule has 0 aromatic heterocycles. The van der Waals surface area contributed by atoms with Crippen molar-refractivity contribution in [3.8, 4) is 44.5 Å². The van der Waals surface area contributed by atoms with E-state index in [-0.39, 0.29) is 10.8 Å². The summed E-state index contributed by atoms with van der Waals surface area (Å²) in [5.74, 6) is 0. The van der Waals surface area contributed by atoms with Gasteiger partial charge in [-0.1, -0.05) is 211 Å². The van der Waals surface area contributed by atoms with Crippen LogP contribution in [0.3, 0.4) is 0 Å². The van der Waals surface area contributed by atoms with Crippen molar-refractivity contribution in [1.29, 1.82) is 0 Å². The molecule has 64 heavy (non-hydrogen) atoms. The lowest BCUT2D eigenvalue weighted by molar-refractivity contribution is 0.595. The van der Waals surface area contributed by atoms with Crippen LogP contribution in [0.25, 0.3) is 120 Å². The molecule has 306 valence electrons. The largest absolute Gasteiger partial charge is 0.0616 e. The van der Waals surface area contributed by atoms with Crippen molar-refractivity contribution in [2.75, 3.05) is 0 Å². The van der Waals surface area contributed by atoms with Crippen molar-refractivity contribution in [3.63, 3.8) is 0 Å². The van der Waals surface area contributed by atoms with Gasteiger partial charge in [0.05, 0.1) is 0 Å². The van der Waals surface area contributed by atoms with Crippen LogP contribution >= 0.6 is 0 Å². The van der Waals surface area contributed by atoms with Crippen LogP contribution in [0.5, 0.6) is 0 Å². The Labute approximate surface area is 375 Å². The van der Waals surface area contributed by atoms with E-state index in [0.29, 0.717) is 0 Å². The smallest absolute Gasteiger partial charge is 0.00173 e. The molecule has 0 radical (unpaired) electrons. The Balaban J connectivity index is 1.05. The van der Waals surface area contributed by atoms with Gasteiger partial charge in [0.2, 0.25) is 0 Å². The predicted molar refractivity (Wildman–Crippen MR) is 279 cm³/mol. The third kappa shape index (κ3) is 5.96. The fourth-order valence-electron chi connectivity index (χ4n) is 11.0. The summed E-state index contributed by atoms with van der Waals surface area (Å²) >= 11 is 0. The van der Waals surface area contributed by atoms with Crippen molar-refractivity contribution >= 4 is 75.4 Å². The zero-order valence-electron chi connectivity index (χ0n) is 37.5.